The lowest BCUT2D eigenvalue weighted by atomic mass is 10.1. The zero-order valence-electron chi connectivity index (χ0n) is 16.7. The van der Waals surface area contributed by atoms with E-state index in [1.807, 2.05) is 30.3 Å². The first-order valence-corrected chi connectivity index (χ1v) is 10.4. The molecule has 0 aliphatic carbocycles. The molecule has 1 heterocycles. The van der Waals surface area contributed by atoms with Crippen LogP contribution in [0.4, 0.5) is 5.69 Å². The molecule has 0 bridgehead atoms. The number of fused-ring (bicyclic) bond motifs is 1. The van der Waals surface area contributed by atoms with Gasteiger partial charge in [0.1, 0.15) is 18.2 Å². The van der Waals surface area contributed by atoms with Gasteiger partial charge in [0.05, 0.1) is 10.0 Å². The number of nitrogens with two attached hydrogens (primary N) is 2. The Labute approximate surface area is 193 Å². The van der Waals surface area contributed by atoms with E-state index in [0.717, 1.165) is 5.56 Å². The van der Waals surface area contributed by atoms with Crippen LogP contribution in [0.5, 0.6) is 5.75 Å². The summed E-state index contributed by atoms with van der Waals surface area (Å²) in [7, 11) is 0. The largest absolute Gasteiger partial charge is 0.486 e. The lowest BCUT2D eigenvalue weighted by Crippen LogP contribution is -2.32. The van der Waals surface area contributed by atoms with Crippen LogP contribution in [0.25, 0.3) is 22.6 Å². The van der Waals surface area contributed by atoms with E-state index < -0.39 is 12.0 Å². The summed E-state index contributed by atoms with van der Waals surface area (Å²) in [6.45, 7) is 0.0817. The summed E-state index contributed by atoms with van der Waals surface area (Å²) in [6, 6.07) is 15.1. The maximum Gasteiger partial charge on any atom is 0.320 e. The Morgan fingerprint density at radius 3 is 2.47 bits per heavy atom. The van der Waals surface area contributed by atoms with Crippen LogP contribution in [0.2, 0.25) is 10.0 Å². The highest BCUT2D eigenvalue weighted by molar-refractivity contribution is 6.37. The van der Waals surface area contributed by atoms with Gasteiger partial charge in [0.2, 0.25) is 5.89 Å². The second-order valence-corrected chi connectivity index (χ2v) is 8.05. The minimum absolute atomic E-state index is 0.0817. The normalized spacial score (nSPS) is 12.1. The first-order chi connectivity index (χ1) is 15.3. The van der Waals surface area contributed by atoms with Crippen LogP contribution in [0.15, 0.2) is 59.0 Å². The highest BCUT2D eigenvalue weighted by atomic mass is 35.5. The number of aromatic nitrogens is 1. The zero-order chi connectivity index (χ0) is 22.8. The fourth-order valence-corrected chi connectivity index (χ4v) is 3.94. The van der Waals surface area contributed by atoms with E-state index in [4.69, 9.17) is 48.9 Å². The van der Waals surface area contributed by atoms with Crippen LogP contribution in [-0.4, -0.2) is 22.1 Å². The number of oxazole rings is 1. The van der Waals surface area contributed by atoms with E-state index in [9.17, 15) is 4.79 Å². The van der Waals surface area contributed by atoms with Crippen molar-refractivity contribution in [3.05, 3.63) is 75.8 Å². The lowest BCUT2D eigenvalue weighted by Gasteiger charge is -2.13. The number of hydrogen-bond donors (Lipinski definition) is 3. The lowest BCUT2D eigenvalue weighted by molar-refractivity contribution is -0.138. The SMILES string of the molecule is Nc1cc(COc2c(Cl)cc(C[C@H](N)C(=O)O)cc2Cl)c2oc(-c3ccccc3)nc2c1. The molecule has 0 unspecified atom stereocenters. The molecule has 9 heteroatoms. The van der Waals surface area contributed by atoms with Gasteiger partial charge in [-0.1, -0.05) is 41.4 Å². The van der Waals surface area contributed by atoms with E-state index in [-0.39, 0.29) is 28.8 Å². The zero-order valence-corrected chi connectivity index (χ0v) is 18.2. The van der Waals surface area contributed by atoms with Gasteiger partial charge in [0.25, 0.3) is 0 Å². The van der Waals surface area contributed by atoms with Crippen molar-refractivity contribution in [2.24, 2.45) is 5.73 Å². The van der Waals surface area contributed by atoms with Crippen molar-refractivity contribution in [2.75, 3.05) is 5.73 Å². The van der Waals surface area contributed by atoms with Crippen molar-refractivity contribution in [3.8, 4) is 17.2 Å². The van der Waals surface area contributed by atoms with Crippen molar-refractivity contribution in [2.45, 2.75) is 19.1 Å². The number of aliphatic carboxylic acids is 1. The van der Waals surface area contributed by atoms with E-state index in [1.54, 1.807) is 24.3 Å². The van der Waals surface area contributed by atoms with Gasteiger partial charge in [-0.05, 0) is 48.4 Å². The summed E-state index contributed by atoms with van der Waals surface area (Å²) in [4.78, 5) is 15.5. The Hall–Kier alpha value is -3.26. The Balaban J connectivity index is 1.60. The molecule has 0 radical (unpaired) electrons. The van der Waals surface area contributed by atoms with Gasteiger partial charge in [-0.3, -0.25) is 4.79 Å². The molecule has 5 N–H and O–H groups in total. The molecule has 1 atom stereocenters. The molecular weight excluding hydrogens is 453 g/mol. The van der Waals surface area contributed by atoms with Crippen molar-refractivity contribution in [1.29, 1.82) is 0 Å². The molecule has 0 amide bonds. The Morgan fingerprint density at radius 2 is 1.81 bits per heavy atom. The van der Waals surface area contributed by atoms with E-state index >= 15 is 0 Å². The topological polar surface area (TPSA) is 125 Å². The van der Waals surface area contributed by atoms with E-state index in [2.05, 4.69) is 4.98 Å². The first kappa shape index (κ1) is 22.0. The highest BCUT2D eigenvalue weighted by Gasteiger charge is 2.18. The molecule has 1 aromatic heterocycles. The summed E-state index contributed by atoms with van der Waals surface area (Å²) in [5.74, 6) is -0.368. The number of carboxylic acid groups (broad SMARTS) is 1. The van der Waals surface area contributed by atoms with Crippen molar-refractivity contribution in [3.63, 3.8) is 0 Å². The van der Waals surface area contributed by atoms with E-state index in [1.165, 1.54) is 0 Å². The average Bonchev–Trinajstić information content (AvgIpc) is 3.17. The van der Waals surface area contributed by atoms with Crippen LogP contribution in [0.3, 0.4) is 0 Å². The first-order valence-electron chi connectivity index (χ1n) is 9.65. The average molecular weight is 472 g/mol. The smallest absolute Gasteiger partial charge is 0.320 e. The molecule has 0 spiro atoms. The maximum atomic E-state index is 11.0. The second-order valence-electron chi connectivity index (χ2n) is 7.24. The summed E-state index contributed by atoms with van der Waals surface area (Å²) in [5, 5.41) is 9.48. The molecule has 4 rings (SSSR count). The van der Waals surface area contributed by atoms with Gasteiger partial charge in [-0.25, -0.2) is 4.98 Å². The van der Waals surface area contributed by atoms with Crippen LogP contribution < -0.4 is 16.2 Å². The molecular formula is C23H19Cl2N3O4. The number of halogens is 2. The Kier molecular flexibility index (Phi) is 6.23. The van der Waals surface area contributed by atoms with Crippen LogP contribution in [0.1, 0.15) is 11.1 Å². The Morgan fingerprint density at radius 1 is 1.12 bits per heavy atom. The predicted molar refractivity (Wildman–Crippen MR) is 124 cm³/mol. The minimum Gasteiger partial charge on any atom is -0.486 e. The van der Waals surface area contributed by atoms with Crippen LogP contribution in [0, 0.1) is 0 Å². The maximum absolute atomic E-state index is 11.0. The summed E-state index contributed by atoms with van der Waals surface area (Å²) >= 11 is 12.7. The van der Waals surface area contributed by atoms with Gasteiger partial charge in [0.15, 0.2) is 11.3 Å². The fraction of sp³-hybridized carbons (Fsp3) is 0.130. The quantitative estimate of drug-likeness (QED) is 0.326. The van der Waals surface area contributed by atoms with Gasteiger partial charge < -0.3 is 25.7 Å². The molecule has 164 valence electrons. The number of nitrogens with zero attached hydrogens (tertiary/aromatic N) is 1. The summed E-state index contributed by atoms with van der Waals surface area (Å²) < 4.78 is 11.9. The number of hydrogen-bond acceptors (Lipinski definition) is 6. The second kappa shape index (κ2) is 9.08. The number of nitrogen functional groups attached to an aromatic ring is 1. The van der Waals surface area contributed by atoms with Crippen LogP contribution >= 0.6 is 23.2 Å². The number of rotatable bonds is 7. The summed E-state index contributed by atoms with van der Waals surface area (Å²) in [6.07, 6.45) is 0.0885. The van der Waals surface area contributed by atoms with Gasteiger partial charge >= 0.3 is 5.97 Å². The molecule has 0 aliphatic rings. The molecule has 0 saturated carbocycles. The van der Waals surface area contributed by atoms with Crippen LogP contribution in [-0.2, 0) is 17.8 Å². The number of carboxylic acids is 1. The fourth-order valence-electron chi connectivity index (χ4n) is 3.30. The number of benzene rings is 3. The third-order valence-corrected chi connectivity index (χ3v) is 5.37. The third kappa shape index (κ3) is 4.65. The third-order valence-electron chi connectivity index (χ3n) is 4.81. The highest BCUT2D eigenvalue weighted by Crippen LogP contribution is 2.36. The van der Waals surface area contributed by atoms with Crippen molar-refractivity contribution >= 4 is 46.0 Å². The van der Waals surface area contributed by atoms with E-state index in [0.29, 0.717) is 33.8 Å². The van der Waals surface area contributed by atoms with Gasteiger partial charge in [-0.2, -0.15) is 0 Å². The van der Waals surface area contributed by atoms with Gasteiger partial charge in [-0.15, -0.1) is 0 Å². The summed E-state index contributed by atoms with van der Waals surface area (Å²) in [5.41, 5.74) is 15.4. The molecule has 7 nitrogen and oxygen atoms in total. The molecule has 32 heavy (non-hydrogen) atoms. The number of carbonyl (C=O) groups is 1. The number of anilines is 1. The van der Waals surface area contributed by atoms with Crippen molar-refractivity contribution in [1.82, 2.24) is 4.98 Å². The molecule has 3 aromatic carbocycles. The predicted octanol–water partition coefficient (Wildman–Crippen LogP) is 4.92. The number of ether oxygens (including phenoxy) is 1. The standard InChI is InChI=1S/C23H19Cl2N3O4/c24-16-6-12(8-18(27)23(29)30)7-17(25)21(16)31-11-14-9-15(26)10-19-20(14)32-22(28-19)13-4-2-1-3-5-13/h1-7,9-10,18H,8,11,26-27H2,(H,29,30)/t18-/m0/s1. The monoisotopic (exact) mass is 471 g/mol. The van der Waals surface area contributed by atoms with Gasteiger partial charge in [0, 0.05) is 16.8 Å². The minimum atomic E-state index is -1.11. The molecule has 0 aliphatic heterocycles. The molecule has 0 fully saturated rings. The molecule has 0 saturated heterocycles. The molecule has 4 aromatic rings. The van der Waals surface area contributed by atoms with Crippen molar-refractivity contribution < 1.29 is 19.1 Å². The Bertz CT molecular complexity index is 1270.